The number of methoxy groups -OCH3 is 1. The molecule has 3 aromatic rings. The van der Waals surface area contributed by atoms with Crippen LogP contribution in [0.1, 0.15) is 35.1 Å². The van der Waals surface area contributed by atoms with Crippen molar-refractivity contribution in [1.82, 2.24) is 19.3 Å². The summed E-state index contributed by atoms with van der Waals surface area (Å²) in [7, 11) is 3.54. The second-order valence-corrected chi connectivity index (χ2v) is 7.66. The van der Waals surface area contributed by atoms with Crippen molar-refractivity contribution < 1.29 is 9.53 Å². The lowest BCUT2D eigenvalue weighted by Crippen LogP contribution is -2.07. The van der Waals surface area contributed by atoms with Crippen LogP contribution in [-0.4, -0.2) is 38.0 Å². The molecule has 28 heavy (non-hydrogen) atoms. The topological polar surface area (TPSA) is 61.9 Å². The zero-order valence-electron chi connectivity index (χ0n) is 17.0. The molecule has 0 aliphatic rings. The normalized spacial score (nSPS) is 11.0. The first-order valence-electron chi connectivity index (χ1n) is 9.33. The number of ether oxygens (including phenoxy) is 1. The van der Waals surface area contributed by atoms with E-state index in [-0.39, 0.29) is 5.78 Å². The van der Waals surface area contributed by atoms with Crippen LogP contribution in [0.15, 0.2) is 35.5 Å². The number of hydrogen-bond acceptors (Lipinski definition) is 5. The second-order valence-electron chi connectivity index (χ2n) is 6.71. The predicted molar refractivity (Wildman–Crippen MR) is 112 cm³/mol. The number of rotatable bonds is 8. The van der Waals surface area contributed by atoms with Crippen molar-refractivity contribution in [3.63, 3.8) is 0 Å². The molecule has 0 radical (unpaired) electrons. The van der Waals surface area contributed by atoms with E-state index < -0.39 is 0 Å². The summed E-state index contributed by atoms with van der Waals surface area (Å²) in [5.41, 5.74) is 3.84. The molecule has 0 saturated heterocycles. The highest BCUT2D eigenvalue weighted by Gasteiger charge is 2.19. The number of Topliss-reactive ketones (excluding diaryl/α,β-unsaturated/α-hetero) is 1. The van der Waals surface area contributed by atoms with Gasteiger partial charge in [-0.05, 0) is 38.5 Å². The molecule has 3 rings (SSSR count). The first-order valence-corrected chi connectivity index (χ1v) is 10.3. The van der Waals surface area contributed by atoms with Gasteiger partial charge in [0, 0.05) is 30.5 Å². The minimum atomic E-state index is 0.113. The van der Waals surface area contributed by atoms with Gasteiger partial charge in [-0.2, -0.15) is 0 Å². The summed E-state index contributed by atoms with van der Waals surface area (Å²) in [6.07, 6.45) is 1.05. The minimum absolute atomic E-state index is 0.113. The maximum absolute atomic E-state index is 12.8. The van der Waals surface area contributed by atoms with E-state index in [0.29, 0.717) is 16.7 Å². The molecule has 2 heterocycles. The third-order valence-electron chi connectivity index (χ3n) is 4.84. The molecule has 0 unspecified atom stereocenters. The minimum Gasteiger partial charge on any atom is -0.496 e. The van der Waals surface area contributed by atoms with Crippen molar-refractivity contribution in [2.45, 2.75) is 38.9 Å². The van der Waals surface area contributed by atoms with Gasteiger partial charge in [-0.25, -0.2) is 0 Å². The van der Waals surface area contributed by atoms with E-state index >= 15 is 0 Å². The Kier molecular flexibility index (Phi) is 6.24. The summed E-state index contributed by atoms with van der Waals surface area (Å²) in [6, 6.07) is 9.69. The van der Waals surface area contributed by atoms with E-state index in [4.69, 9.17) is 4.74 Å². The number of thioether (sulfide) groups is 1. The van der Waals surface area contributed by atoms with Crippen molar-refractivity contribution >= 4 is 17.5 Å². The Bertz CT molecular complexity index is 990. The highest BCUT2D eigenvalue weighted by Crippen LogP contribution is 2.30. The van der Waals surface area contributed by atoms with E-state index in [0.717, 1.165) is 41.2 Å². The van der Waals surface area contributed by atoms with Crippen LogP contribution in [-0.2, 0) is 13.6 Å². The Morgan fingerprint density at radius 1 is 1.21 bits per heavy atom. The Hall–Kier alpha value is -2.54. The van der Waals surface area contributed by atoms with Crippen LogP contribution < -0.4 is 4.74 Å². The van der Waals surface area contributed by atoms with Crippen LogP contribution in [0, 0.1) is 13.8 Å². The molecule has 2 aromatic heterocycles. The molecule has 0 aliphatic carbocycles. The number of benzene rings is 1. The molecule has 7 heteroatoms. The Labute approximate surface area is 169 Å². The van der Waals surface area contributed by atoms with Crippen LogP contribution >= 0.6 is 11.8 Å². The molecule has 0 atom stereocenters. The van der Waals surface area contributed by atoms with Crippen LogP contribution in [0.3, 0.4) is 0 Å². The van der Waals surface area contributed by atoms with E-state index in [9.17, 15) is 4.79 Å². The molecular formula is C21H26N4O2S. The highest BCUT2D eigenvalue weighted by atomic mass is 32.2. The Morgan fingerprint density at radius 2 is 1.96 bits per heavy atom. The van der Waals surface area contributed by atoms with E-state index in [1.807, 2.05) is 48.9 Å². The van der Waals surface area contributed by atoms with Crippen molar-refractivity contribution in [2.24, 2.45) is 7.05 Å². The standard InChI is InChI=1S/C21H26N4O2S/c1-6-11-25-14(2)12-17(15(25)3)18(26)13-28-21-23-22-20(24(21)4)16-9-7-8-10-19(16)27-5/h7-10,12H,6,11,13H2,1-5H3. The maximum atomic E-state index is 12.8. The Balaban J connectivity index is 1.77. The molecule has 0 spiro atoms. The number of aryl methyl sites for hydroxylation is 1. The van der Waals surface area contributed by atoms with Crippen LogP contribution in [0.5, 0.6) is 5.75 Å². The number of nitrogens with zero attached hydrogens (tertiary/aromatic N) is 4. The van der Waals surface area contributed by atoms with Crippen LogP contribution in [0.25, 0.3) is 11.4 Å². The summed E-state index contributed by atoms with van der Waals surface area (Å²) in [4.78, 5) is 12.8. The smallest absolute Gasteiger partial charge is 0.191 e. The Morgan fingerprint density at radius 3 is 2.68 bits per heavy atom. The van der Waals surface area contributed by atoms with Crippen molar-refractivity contribution in [1.29, 1.82) is 0 Å². The molecule has 148 valence electrons. The lowest BCUT2D eigenvalue weighted by molar-refractivity contribution is 0.102. The largest absolute Gasteiger partial charge is 0.496 e. The van der Waals surface area contributed by atoms with Gasteiger partial charge in [-0.3, -0.25) is 4.79 Å². The fraction of sp³-hybridized carbons (Fsp3) is 0.381. The van der Waals surface area contributed by atoms with Crippen molar-refractivity contribution in [3.8, 4) is 17.1 Å². The molecule has 1 aromatic carbocycles. The summed E-state index contributed by atoms with van der Waals surface area (Å²) in [5.74, 6) is 1.90. The van der Waals surface area contributed by atoms with Gasteiger partial charge in [-0.15, -0.1) is 10.2 Å². The number of hydrogen-bond donors (Lipinski definition) is 0. The van der Waals surface area contributed by atoms with Crippen molar-refractivity contribution in [3.05, 3.63) is 47.3 Å². The van der Waals surface area contributed by atoms with E-state index in [2.05, 4.69) is 28.6 Å². The van der Waals surface area contributed by atoms with E-state index in [1.165, 1.54) is 11.8 Å². The molecule has 0 fully saturated rings. The van der Waals surface area contributed by atoms with Gasteiger partial charge >= 0.3 is 0 Å². The monoisotopic (exact) mass is 398 g/mol. The van der Waals surface area contributed by atoms with Gasteiger partial charge in [0.2, 0.25) is 0 Å². The second kappa shape index (κ2) is 8.65. The van der Waals surface area contributed by atoms with Gasteiger partial charge < -0.3 is 13.9 Å². The van der Waals surface area contributed by atoms with Gasteiger partial charge in [0.25, 0.3) is 0 Å². The fourth-order valence-corrected chi connectivity index (χ4v) is 4.16. The number of aromatic nitrogens is 4. The van der Waals surface area contributed by atoms with Gasteiger partial charge in [0.1, 0.15) is 5.75 Å². The number of carbonyl (C=O) groups excluding carboxylic acids is 1. The third kappa shape index (κ3) is 3.85. The molecule has 0 aliphatic heterocycles. The molecule has 0 N–H and O–H groups in total. The number of ketones is 1. The lowest BCUT2D eigenvalue weighted by atomic mass is 10.2. The molecular weight excluding hydrogens is 372 g/mol. The van der Waals surface area contributed by atoms with Crippen molar-refractivity contribution in [2.75, 3.05) is 12.9 Å². The molecule has 0 bridgehead atoms. The summed E-state index contributed by atoms with van der Waals surface area (Å²) in [6.45, 7) is 7.14. The maximum Gasteiger partial charge on any atom is 0.191 e. The summed E-state index contributed by atoms with van der Waals surface area (Å²) >= 11 is 1.41. The SMILES string of the molecule is CCCn1c(C)cc(C(=O)CSc2nnc(-c3ccccc3OC)n2C)c1C. The average molecular weight is 399 g/mol. The van der Waals surface area contributed by atoms with Crippen LogP contribution in [0.2, 0.25) is 0 Å². The number of carbonyl (C=O) groups is 1. The molecule has 0 saturated carbocycles. The zero-order valence-corrected chi connectivity index (χ0v) is 17.8. The molecule has 0 amide bonds. The average Bonchev–Trinajstić information content (AvgIpc) is 3.20. The summed E-state index contributed by atoms with van der Waals surface area (Å²) in [5, 5.41) is 9.28. The van der Waals surface area contributed by atoms with E-state index in [1.54, 1.807) is 7.11 Å². The van der Waals surface area contributed by atoms with Gasteiger partial charge in [0.05, 0.1) is 18.4 Å². The fourth-order valence-electron chi connectivity index (χ4n) is 3.36. The lowest BCUT2D eigenvalue weighted by Gasteiger charge is -2.08. The third-order valence-corrected chi connectivity index (χ3v) is 5.86. The number of para-hydroxylation sites is 1. The van der Waals surface area contributed by atoms with Crippen LogP contribution in [0.4, 0.5) is 0 Å². The highest BCUT2D eigenvalue weighted by molar-refractivity contribution is 7.99. The first kappa shape index (κ1) is 20.2. The quantitative estimate of drug-likeness (QED) is 0.418. The zero-order chi connectivity index (χ0) is 20.3. The molecule has 6 nitrogen and oxygen atoms in total. The first-order chi connectivity index (χ1) is 13.5. The van der Waals surface area contributed by atoms with Gasteiger partial charge in [0.15, 0.2) is 16.8 Å². The predicted octanol–water partition coefficient (Wildman–Crippen LogP) is 4.29. The summed E-state index contributed by atoms with van der Waals surface area (Å²) < 4.78 is 9.53. The van der Waals surface area contributed by atoms with Gasteiger partial charge in [-0.1, -0.05) is 30.8 Å².